The highest BCUT2D eigenvalue weighted by atomic mass is 32.2. The molecule has 0 aliphatic carbocycles. The molecule has 2 amide bonds. The lowest BCUT2D eigenvalue weighted by Crippen LogP contribution is -2.50. The van der Waals surface area contributed by atoms with Crippen LogP contribution in [-0.4, -0.2) is 63.4 Å². The number of likely N-dealkylation sites (tertiary alicyclic amines) is 1. The van der Waals surface area contributed by atoms with E-state index in [0.29, 0.717) is 37.4 Å². The topological polar surface area (TPSA) is 122 Å². The molecule has 1 aliphatic heterocycles. The molecule has 0 atom stereocenters. The van der Waals surface area contributed by atoms with E-state index in [1.165, 1.54) is 0 Å². The van der Waals surface area contributed by atoms with Gasteiger partial charge in [0.1, 0.15) is 0 Å². The van der Waals surface area contributed by atoms with Crippen molar-refractivity contribution >= 4 is 21.7 Å². The van der Waals surface area contributed by atoms with Crippen LogP contribution in [0.4, 0.5) is 10.5 Å². The summed E-state index contributed by atoms with van der Waals surface area (Å²) in [5.74, 6) is 0.641. The van der Waals surface area contributed by atoms with Crippen LogP contribution in [0.5, 0.6) is 0 Å². The van der Waals surface area contributed by atoms with E-state index in [2.05, 4.69) is 25.6 Å². The summed E-state index contributed by atoms with van der Waals surface area (Å²) in [7, 11) is -1.63. The van der Waals surface area contributed by atoms with Gasteiger partial charge in [0, 0.05) is 37.4 Å². The number of hydrogen-bond acceptors (Lipinski definition) is 6. The number of hydrogen-bond donors (Lipinski definition) is 2. The summed E-state index contributed by atoms with van der Waals surface area (Å²) in [6.45, 7) is 6.00. The van der Waals surface area contributed by atoms with Gasteiger partial charge in [-0.2, -0.15) is 0 Å². The summed E-state index contributed by atoms with van der Waals surface area (Å²) in [5, 5.41) is 14.2. The maximum Gasteiger partial charge on any atom is 0.321 e. The van der Waals surface area contributed by atoms with Gasteiger partial charge in [-0.15, -0.1) is 5.10 Å². The Kier molecular flexibility index (Phi) is 5.90. The van der Waals surface area contributed by atoms with Gasteiger partial charge in [-0.05, 0) is 68.3 Å². The lowest BCUT2D eigenvalue weighted by Gasteiger charge is -2.33. The van der Waals surface area contributed by atoms with Crippen molar-refractivity contribution in [1.29, 1.82) is 0 Å². The predicted molar refractivity (Wildman–Crippen MR) is 110 cm³/mol. The molecule has 0 unspecified atom stereocenters. The van der Waals surface area contributed by atoms with Gasteiger partial charge in [-0.3, -0.25) is 0 Å². The van der Waals surface area contributed by atoms with Crippen LogP contribution in [0.3, 0.4) is 0 Å². The quantitative estimate of drug-likeness (QED) is 0.773. The molecule has 2 heterocycles. The maximum atomic E-state index is 12.5. The molecule has 158 valence electrons. The predicted octanol–water partition coefficient (Wildman–Crippen LogP) is 1.59. The first-order valence-corrected chi connectivity index (χ1v) is 11.0. The van der Waals surface area contributed by atoms with Crippen LogP contribution in [0.25, 0.3) is 11.4 Å². The molecule has 1 aromatic heterocycles. The summed E-state index contributed by atoms with van der Waals surface area (Å²) in [6.07, 6.45) is 1.17. The van der Waals surface area contributed by atoms with Crippen LogP contribution in [0, 0.1) is 0 Å². The number of nitrogens with one attached hydrogen (secondary N) is 2. The van der Waals surface area contributed by atoms with Gasteiger partial charge >= 0.3 is 6.03 Å². The number of urea groups is 1. The Balaban J connectivity index is 1.53. The zero-order valence-electron chi connectivity index (χ0n) is 17.1. The number of carbonyl (C=O) groups excluding carboxylic acids is 1. The van der Waals surface area contributed by atoms with Crippen molar-refractivity contribution in [1.82, 2.24) is 29.8 Å². The Morgan fingerprint density at radius 3 is 2.28 bits per heavy atom. The number of aryl methyl sites for hydroxylation is 1. The number of nitrogens with zero attached hydrogens (tertiary/aromatic N) is 5. The Morgan fingerprint density at radius 1 is 1.14 bits per heavy atom. The molecule has 29 heavy (non-hydrogen) atoms. The second kappa shape index (κ2) is 8.07. The lowest BCUT2D eigenvalue weighted by atomic mass is 10.1. The maximum absolute atomic E-state index is 12.5. The number of anilines is 1. The van der Waals surface area contributed by atoms with Crippen LogP contribution in [0.15, 0.2) is 24.3 Å². The first-order chi connectivity index (χ1) is 13.6. The molecule has 0 spiro atoms. The van der Waals surface area contributed by atoms with E-state index in [4.69, 9.17) is 0 Å². The summed E-state index contributed by atoms with van der Waals surface area (Å²) in [6, 6.07) is 6.93. The number of aromatic nitrogens is 4. The monoisotopic (exact) mass is 421 g/mol. The fourth-order valence-electron chi connectivity index (χ4n) is 2.98. The molecule has 0 saturated carbocycles. The second-order valence-electron chi connectivity index (χ2n) is 8.13. The molecule has 2 aromatic rings. The highest BCUT2D eigenvalue weighted by Crippen LogP contribution is 2.20. The van der Waals surface area contributed by atoms with Gasteiger partial charge in [0.15, 0.2) is 5.82 Å². The first kappa shape index (κ1) is 21.2. The van der Waals surface area contributed by atoms with Crippen LogP contribution in [0.1, 0.15) is 33.6 Å². The molecule has 1 aromatic carbocycles. The molecule has 1 saturated heterocycles. The van der Waals surface area contributed by atoms with E-state index >= 15 is 0 Å². The second-order valence-corrected chi connectivity index (χ2v) is 10.6. The van der Waals surface area contributed by atoms with E-state index in [9.17, 15) is 13.2 Å². The number of carbonyl (C=O) groups is 1. The minimum absolute atomic E-state index is 0.150. The van der Waals surface area contributed by atoms with Gasteiger partial charge < -0.3 is 10.2 Å². The number of piperidine rings is 1. The third-order valence-electron chi connectivity index (χ3n) is 4.92. The SMILES string of the molecule is Cn1nnnc1-c1ccc(NC(=O)N2CCC(NS(=O)(=O)C(C)(C)C)CC2)cc1. The summed E-state index contributed by atoms with van der Waals surface area (Å²) in [5.41, 5.74) is 1.52. The molecule has 10 nitrogen and oxygen atoms in total. The first-order valence-electron chi connectivity index (χ1n) is 9.47. The number of benzene rings is 1. The van der Waals surface area contributed by atoms with Crippen LogP contribution in [0.2, 0.25) is 0 Å². The van der Waals surface area contributed by atoms with Gasteiger partial charge in [0.2, 0.25) is 10.0 Å². The van der Waals surface area contributed by atoms with Crippen molar-refractivity contribution in [2.24, 2.45) is 7.05 Å². The van der Waals surface area contributed by atoms with Crippen LogP contribution < -0.4 is 10.0 Å². The van der Waals surface area contributed by atoms with E-state index in [0.717, 1.165) is 5.56 Å². The highest BCUT2D eigenvalue weighted by Gasteiger charge is 2.33. The number of tetrazole rings is 1. The Hall–Kier alpha value is -2.53. The molecule has 1 aliphatic rings. The number of amides is 2. The zero-order valence-corrected chi connectivity index (χ0v) is 17.9. The lowest BCUT2D eigenvalue weighted by molar-refractivity contribution is 0.193. The highest BCUT2D eigenvalue weighted by molar-refractivity contribution is 7.90. The van der Waals surface area contributed by atoms with E-state index < -0.39 is 14.8 Å². The third-order valence-corrected chi connectivity index (χ3v) is 7.18. The average Bonchev–Trinajstić information content (AvgIpc) is 3.07. The molecule has 1 fully saturated rings. The molecule has 11 heteroatoms. The van der Waals surface area contributed by atoms with Gasteiger partial charge in [0.05, 0.1) is 4.75 Å². The summed E-state index contributed by atoms with van der Waals surface area (Å²) in [4.78, 5) is 14.2. The van der Waals surface area contributed by atoms with Crippen molar-refractivity contribution in [2.75, 3.05) is 18.4 Å². The van der Waals surface area contributed by atoms with Crippen molar-refractivity contribution in [3.05, 3.63) is 24.3 Å². The molecule has 3 rings (SSSR count). The van der Waals surface area contributed by atoms with E-state index in [1.807, 2.05) is 12.1 Å². The average molecular weight is 422 g/mol. The minimum Gasteiger partial charge on any atom is -0.324 e. The third kappa shape index (κ3) is 4.91. The standard InChI is InChI=1S/C18H27N7O3S/c1-18(2,3)29(27,28)21-15-9-11-25(12-10-15)17(26)19-14-7-5-13(6-8-14)16-20-22-23-24(16)4/h5-8,15,21H,9-12H2,1-4H3,(H,19,26). The largest absolute Gasteiger partial charge is 0.324 e. The minimum atomic E-state index is -3.39. The fourth-order valence-corrected chi connectivity index (χ4v) is 4.00. The summed E-state index contributed by atoms with van der Waals surface area (Å²) >= 11 is 0. The van der Waals surface area contributed by atoms with Gasteiger partial charge in [-0.1, -0.05) is 0 Å². The smallest absolute Gasteiger partial charge is 0.321 e. The van der Waals surface area contributed by atoms with Crippen molar-refractivity contribution in [2.45, 2.75) is 44.4 Å². The zero-order chi connectivity index (χ0) is 21.2. The Labute approximate surface area is 170 Å². The number of sulfonamides is 1. The normalized spacial score (nSPS) is 16.1. The molecular formula is C18H27N7O3S. The molecule has 0 bridgehead atoms. The fraction of sp³-hybridized carbons (Fsp3) is 0.556. The Bertz CT molecular complexity index is 956. The summed E-state index contributed by atoms with van der Waals surface area (Å²) < 4.78 is 28.1. The van der Waals surface area contributed by atoms with E-state index in [-0.39, 0.29) is 12.1 Å². The molecule has 2 N–H and O–H groups in total. The van der Waals surface area contributed by atoms with Crippen LogP contribution >= 0.6 is 0 Å². The van der Waals surface area contributed by atoms with E-state index in [1.54, 1.807) is 49.5 Å². The van der Waals surface area contributed by atoms with Crippen molar-refractivity contribution < 1.29 is 13.2 Å². The van der Waals surface area contributed by atoms with Gasteiger partial charge in [-0.25, -0.2) is 22.6 Å². The van der Waals surface area contributed by atoms with Crippen LogP contribution in [-0.2, 0) is 17.1 Å². The Morgan fingerprint density at radius 2 is 1.76 bits per heavy atom. The number of rotatable bonds is 4. The molecular weight excluding hydrogens is 394 g/mol. The van der Waals surface area contributed by atoms with Crippen molar-refractivity contribution in [3.63, 3.8) is 0 Å². The van der Waals surface area contributed by atoms with Gasteiger partial charge in [0.25, 0.3) is 0 Å². The molecule has 0 radical (unpaired) electrons. The van der Waals surface area contributed by atoms with Crippen molar-refractivity contribution in [3.8, 4) is 11.4 Å².